The van der Waals surface area contributed by atoms with E-state index in [1.165, 1.54) is 0 Å². The smallest absolute Gasteiger partial charge is 0.336 e. The predicted molar refractivity (Wildman–Crippen MR) is 100 cm³/mol. The number of aryl methyl sites for hydroxylation is 2. The Hall–Kier alpha value is -2.75. The summed E-state index contributed by atoms with van der Waals surface area (Å²) in [6.07, 6.45) is 2.55. The lowest BCUT2D eigenvalue weighted by atomic mass is 9.96. The van der Waals surface area contributed by atoms with Crippen LogP contribution in [0.15, 0.2) is 36.4 Å². The van der Waals surface area contributed by atoms with Gasteiger partial charge in [0.05, 0.1) is 19.3 Å². The Labute approximate surface area is 148 Å². The molecular formula is C21H24O4. The highest BCUT2D eigenvalue weighted by molar-refractivity contribution is 6.21. The van der Waals surface area contributed by atoms with Gasteiger partial charge >= 0.3 is 5.97 Å². The average molecular weight is 340 g/mol. The quantitative estimate of drug-likeness (QED) is 0.585. The minimum Gasteiger partial charge on any atom is -0.493 e. The highest BCUT2D eigenvalue weighted by Crippen LogP contribution is 2.30. The maximum Gasteiger partial charge on any atom is 0.336 e. The standard InChI is InChI=1S/C21H24O4/c1-5-10-25-20-13-16(8-9-19(20)24-4)12-18(21(22)23)17-11-14(2)6-7-15(17)3/h6-9,11-13H,5,10H2,1-4H3,(H,22,23)/b18-12-. The molecular weight excluding hydrogens is 316 g/mol. The molecule has 0 aromatic heterocycles. The van der Waals surface area contributed by atoms with E-state index in [9.17, 15) is 9.90 Å². The largest absolute Gasteiger partial charge is 0.493 e. The molecule has 132 valence electrons. The molecule has 2 aromatic rings. The summed E-state index contributed by atoms with van der Waals surface area (Å²) in [5.74, 6) is 0.290. The number of benzene rings is 2. The number of hydrogen-bond donors (Lipinski definition) is 1. The summed E-state index contributed by atoms with van der Waals surface area (Å²) in [6.45, 7) is 6.47. The van der Waals surface area contributed by atoms with Crippen molar-refractivity contribution >= 4 is 17.6 Å². The van der Waals surface area contributed by atoms with E-state index in [-0.39, 0.29) is 5.57 Å². The highest BCUT2D eigenvalue weighted by atomic mass is 16.5. The zero-order valence-electron chi connectivity index (χ0n) is 15.1. The van der Waals surface area contributed by atoms with Crippen LogP contribution in [0.5, 0.6) is 11.5 Å². The summed E-state index contributed by atoms with van der Waals surface area (Å²) in [6, 6.07) is 11.2. The van der Waals surface area contributed by atoms with Crippen molar-refractivity contribution in [3.63, 3.8) is 0 Å². The second-order valence-electron chi connectivity index (χ2n) is 5.94. The van der Waals surface area contributed by atoms with Gasteiger partial charge in [-0.15, -0.1) is 0 Å². The molecule has 0 saturated carbocycles. The van der Waals surface area contributed by atoms with Gasteiger partial charge in [0, 0.05) is 0 Å². The number of rotatable bonds is 7. The number of carboxylic acid groups (broad SMARTS) is 1. The second kappa shape index (κ2) is 8.38. The van der Waals surface area contributed by atoms with Crippen LogP contribution in [0.2, 0.25) is 0 Å². The molecule has 0 amide bonds. The van der Waals surface area contributed by atoms with Crippen LogP contribution in [0.3, 0.4) is 0 Å². The lowest BCUT2D eigenvalue weighted by Gasteiger charge is -2.12. The van der Waals surface area contributed by atoms with Crippen molar-refractivity contribution in [3.05, 3.63) is 58.7 Å². The summed E-state index contributed by atoms with van der Waals surface area (Å²) >= 11 is 0. The first-order valence-electron chi connectivity index (χ1n) is 8.29. The molecule has 4 heteroatoms. The number of carboxylic acids is 1. The Morgan fingerprint density at radius 1 is 1.12 bits per heavy atom. The van der Waals surface area contributed by atoms with Crippen LogP contribution in [0.25, 0.3) is 11.6 Å². The number of carbonyl (C=O) groups is 1. The van der Waals surface area contributed by atoms with Gasteiger partial charge in [-0.25, -0.2) is 4.79 Å². The van der Waals surface area contributed by atoms with Gasteiger partial charge in [0.25, 0.3) is 0 Å². The van der Waals surface area contributed by atoms with Gasteiger partial charge in [0.15, 0.2) is 11.5 Å². The summed E-state index contributed by atoms with van der Waals surface area (Å²) < 4.78 is 11.0. The Balaban J connectivity index is 2.50. The van der Waals surface area contributed by atoms with Crippen molar-refractivity contribution in [3.8, 4) is 11.5 Å². The zero-order chi connectivity index (χ0) is 18.4. The van der Waals surface area contributed by atoms with E-state index < -0.39 is 5.97 Å². The number of aliphatic carboxylic acids is 1. The summed E-state index contributed by atoms with van der Waals surface area (Å²) in [5.41, 5.74) is 3.68. The molecule has 0 aliphatic heterocycles. The van der Waals surface area contributed by atoms with E-state index in [0.29, 0.717) is 18.1 Å². The van der Waals surface area contributed by atoms with Crippen LogP contribution < -0.4 is 9.47 Å². The maximum atomic E-state index is 11.8. The van der Waals surface area contributed by atoms with Crippen molar-refractivity contribution in [1.82, 2.24) is 0 Å². The predicted octanol–water partition coefficient (Wildman–Crippen LogP) is 4.73. The van der Waals surface area contributed by atoms with Crippen LogP contribution in [0, 0.1) is 13.8 Å². The zero-order valence-corrected chi connectivity index (χ0v) is 15.1. The lowest BCUT2D eigenvalue weighted by molar-refractivity contribution is -0.130. The molecule has 0 atom stereocenters. The minimum atomic E-state index is -0.958. The maximum absolute atomic E-state index is 11.8. The first kappa shape index (κ1) is 18.6. The van der Waals surface area contributed by atoms with Crippen molar-refractivity contribution in [2.24, 2.45) is 0 Å². The fraction of sp³-hybridized carbons (Fsp3) is 0.286. The normalized spacial score (nSPS) is 11.3. The highest BCUT2D eigenvalue weighted by Gasteiger charge is 2.14. The van der Waals surface area contributed by atoms with Gasteiger partial charge < -0.3 is 14.6 Å². The first-order chi connectivity index (χ1) is 12.0. The van der Waals surface area contributed by atoms with Crippen LogP contribution in [0.4, 0.5) is 0 Å². The van der Waals surface area contributed by atoms with Crippen molar-refractivity contribution in [1.29, 1.82) is 0 Å². The number of ether oxygens (including phenoxy) is 2. The molecule has 0 aliphatic carbocycles. The van der Waals surface area contributed by atoms with Crippen molar-refractivity contribution in [2.45, 2.75) is 27.2 Å². The molecule has 0 fully saturated rings. The van der Waals surface area contributed by atoms with E-state index in [2.05, 4.69) is 0 Å². The summed E-state index contributed by atoms with van der Waals surface area (Å²) in [5, 5.41) is 9.69. The number of hydrogen-bond acceptors (Lipinski definition) is 3. The van der Waals surface area contributed by atoms with E-state index in [0.717, 1.165) is 28.7 Å². The van der Waals surface area contributed by atoms with E-state index >= 15 is 0 Å². The Bertz CT molecular complexity index is 790. The van der Waals surface area contributed by atoms with Crippen LogP contribution in [-0.2, 0) is 4.79 Å². The molecule has 0 aliphatic rings. The molecule has 2 rings (SSSR count). The van der Waals surface area contributed by atoms with Crippen LogP contribution in [0.1, 0.15) is 35.6 Å². The van der Waals surface area contributed by atoms with E-state index in [4.69, 9.17) is 9.47 Å². The number of methoxy groups -OCH3 is 1. The van der Waals surface area contributed by atoms with Gasteiger partial charge in [-0.05, 0) is 55.2 Å². The van der Waals surface area contributed by atoms with Gasteiger partial charge in [-0.1, -0.05) is 36.8 Å². The van der Waals surface area contributed by atoms with Gasteiger partial charge in [0.2, 0.25) is 0 Å². The third-order valence-electron chi connectivity index (χ3n) is 3.87. The van der Waals surface area contributed by atoms with E-state index in [1.807, 2.05) is 51.1 Å². The molecule has 4 nitrogen and oxygen atoms in total. The average Bonchev–Trinajstić information content (AvgIpc) is 2.60. The first-order valence-corrected chi connectivity index (χ1v) is 8.29. The molecule has 0 radical (unpaired) electrons. The molecule has 25 heavy (non-hydrogen) atoms. The summed E-state index contributed by atoms with van der Waals surface area (Å²) in [4.78, 5) is 11.8. The summed E-state index contributed by atoms with van der Waals surface area (Å²) in [7, 11) is 1.59. The van der Waals surface area contributed by atoms with Crippen molar-refractivity contribution in [2.75, 3.05) is 13.7 Å². The molecule has 0 saturated heterocycles. The van der Waals surface area contributed by atoms with E-state index in [1.54, 1.807) is 19.3 Å². The molecule has 0 unspecified atom stereocenters. The topological polar surface area (TPSA) is 55.8 Å². The minimum absolute atomic E-state index is 0.257. The molecule has 2 aromatic carbocycles. The van der Waals surface area contributed by atoms with Gasteiger partial charge in [-0.3, -0.25) is 0 Å². The fourth-order valence-electron chi connectivity index (χ4n) is 2.56. The second-order valence-corrected chi connectivity index (χ2v) is 5.94. The monoisotopic (exact) mass is 340 g/mol. The molecule has 0 spiro atoms. The third-order valence-corrected chi connectivity index (χ3v) is 3.87. The molecule has 0 heterocycles. The Morgan fingerprint density at radius 3 is 2.52 bits per heavy atom. The van der Waals surface area contributed by atoms with Crippen molar-refractivity contribution < 1.29 is 19.4 Å². The van der Waals surface area contributed by atoms with Gasteiger partial charge in [-0.2, -0.15) is 0 Å². The van der Waals surface area contributed by atoms with Crippen LogP contribution in [-0.4, -0.2) is 24.8 Å². The molecule has 0 bridgehead atoms. The third kappa shape index (κ3) is 4.63. The Kier molecular flexibility index (Phi) is 6.23. The SMILES string of the molecule is CCCOc1cc(/C=C(\C(=O)O)c2cc(C)ccc2C)ccc1OC. The Morgan fingerprint density at radius 2 is 1.88 bits per heavy atom. The van der Waals surface area contributed by atoms with Gasteiger partial charge in [0.1, 0.15) is 0 Å². The molecule has 1 N–H and O–H groups in total. The lowest BCUT2D eigenvalue weighted by Crippen LogP contribution is -2.02. The fourth-order valence-corrected chi connectivity index (χ4v) is 2.56. The van der Waals surface area contributed by atoms with Crippen LogP contribution >= 0.6 is 0 Å².